The zero-order valence-corrected chi connectivity index (χ0v) is 24.2. The summed E-state index contributed by atoms with van der Waals surface area (Å²) in [5.41, 5.74) is 4.04. The van der Waals surface area contributed by atoms with Crippen molar-refractivity contribution >= 4 is 5.82 Å². The fourth-order valence-electron chi connectivity index (χ4n) is 6.99. The third-order valence-electron chi connectivity index (χ3n) is 8.97. The SMILES string of the molecule is COCOc1cc(-c2cnn(C3CCCCO3)c2)ccc1-c1ccc(N(C)C2C[C@]3(C)CCC[C@](C)(C2)N3)nn1. The van der Waals surface area contributed by atoms with Gasteiger partial charge < -0.3 is 24.4 Å². The van der Waals surface area contributed by atoms with Crippen molar-refractivity contribution in [2.45, 2.75) is 88.6 Å². The van der Waals surface area contributed by atoms with Crippen LogP contribution in [-0.4, -0.2) is 64.7 Å². The normalized spacial score (nSPS) is 28.3. The van der Waals surface area contributed by atoms with E-state index in [9.17, 15) is 0 Å². The van der Waals surface area contributed by atoms with E-state index >= 15 is 0 Å². The predicted octanol–water partition coefficient (Wildman–Crippen LogP) is 5.58. The summed E-state index contributed by atoms with van der Waals surface area (Å²) in [4.78, 5) is 2.32. The molecule has 1 aromatic carbocycles. The number of ether oxygens (including phenoxy) is 3. The predicted molar refractivity (Wildman–Crippen MR) is 155 cm³/mol. The minimum Gasteiger partial charge on any atom is -0.467 e. The summed E-state index contributed by atoms with van der Waals surface area (Å²) in [5, 5.41) is 17.8. The van der Waals surface area contributed by atoms with Gasteiger partial charge in [0.15, 0.2) is 12.6 Å². The number of hydrogen-bond acceptors (Lipinski definition) is 8. The molecule has 3 aliphatic rings. The first kappa shape index (κ1) is 27.2. The maximum Gasteiger partial charge on any atom is 0.188 e. The Morgan fingerprint density at radius 3 is 2.58 bits per heavy atom. The summed E-state index contributed by atoms with van der Waals surface area (Å²) >= 11 is 0. The fraction of sp³-hybridized carbons (Fsp3) is 0.581. The van der Waals surface area contributed by atoms with E-state index in [0.717, 1.165) is 66.9 Å². The number of nitrogens with zero attached hydrogens (tertiary/aromatic N) is 5. The van der Waals surface area contributed by atoms with E-state index in [1.807, 2.05) is 35.3 Å². The standard InChI is InChI=1S/C31H42N6O3/c1-30-13-7-14-31(2,35-30)18-24(17-30)36(3)28-12-11-26(33-34-28)25-10-9-22(16-27(25)40-21-38-4)23-19-32-37(20-23)29-8-5-6-15-39-29/h9-12,16,19-20,24,29,35H,5-8,13-15,17-18,21H2,1-4H3/t24?,29?,30-,31+. The third kappa shape index (κ3) is 5.60. The van der Waals surface area contributed by atoms with Crippen LogP contribution in [-0.2, 0) is 9.47 Å². The lowest BCUT2D eigenvalue weighted by Crippen LogP contribution is -2.66. The van der Waals surface area contributed by atoms with Crippen LogP contribution in [0.5, 0.6) is 5.75 Å². The molecule has 4 atom stereocenters. The lowest BCUT2D eigenvalue weighted by Gasteiger charge is -2.55. The van der Waals surface area contributed by atoms with Crippen LogP contribution in [0.25, 0.3) is 22.4 Å². The van der Waals surface area contributed by atoms with Crippen LogP contribution >= 0.6 is 0 Å². The highest BCUT2D eigenvalue weighted by molar-refractivity contribution is 5.74. The summed E-state index contributed by atoms with van der Waals surface area (Å²) in [7, 11) is 3.78. The van der Waals surface area contributed by atoms with Crippen LogP contribution in [0.3, 0.4) is 0 Å². The summed E-state index contributed by atoms with van der Waals surface area (Å²) in [6.07, 6.45) is 13.2. The van der Waals surface area contributed by atoms with Crippen molar-refractivity contribution in [2.24, 2.45) is 0 Å². The number of nitrogens with one attached hydrogen (secondary N) is 1. The van der Waals surface area contributed by atoms with Gasteiger partial charge in [-0.15, -0.1) is 10.2 Å². The lowest BCUT2D eigenvalue weighted by atomic mass is 9.69. The van der Waals surface area contributed by atoms with Crippen LogP contribution in [0.4, 0.5) is 5.82 Å². The third-order valence-corrected chi connectivity index (χ3v) is 8.97. The Labute approximate surface area is 237 Å². The summed E-state index contributed by atoms with van der Waals surface area (Å²) in [5.74, 6) is 1.60. The van der Waals surface area contributed by atoms with Crippen molar-refractivity contribution in [1.29, 1.82) is 0 Å². The molecular formula is C31H42N6O3. The molecule has 9 heteroatoms. The number of anilines is 1. The summed E-state index contributed by atoms with van der Waals surface area (Å²) in [6.45, 7) is 5.68. The number of piperidine rings is 2. The topological polar surface area (TPSA) is 86.6 Å². The molecule has 2 aromatic heterocycles. The Morgan fingerprint density at radius 1 is 1.05 bits per heavy atom. The van der Waals surface area contributed by atoms with Crippen LogP contribution < -0.4 is 15.0 Å². The highest BCUT2D eigenvalue weighted by Gasteiger charge is 2.46. The van der Waals surface area contributed by atoms with Gasteiger partial charge in [0.05, 0.1) is 11.9 Å². The highest BCUT2D eigenvalue weighted by Crippen LogP contribution is 2.42. The molecule has 2 bridgehead atoms. The van der Waals surface area contributed by atoms with E-state index in [1.54, 1.807) is 7.11 Å². The van der Waals surface area contributed by atoms with Crippen LogP contribution in [0, 0.1) is 0 Å². The van der Waals surface area contributed by atoms with E-state index < -0.39 is 0 Å². The van der Waals surface area contributed by atoms with Crippen LogP contribution in [0.2, 0.25) is 0 Å². The molecule has 40 heavy (non-hydrogen) atoms. The van der Waals surface area contributed by atoms with Crippen molar-refractivity contribution in [3.05, 3.63) is 42.7 Å². The average molecular weight is 547 g/mol. The monoisotopic (exact) mass is 546 g/mol. The van der Waals surface area contributed by atoms with Gasteiger partial charge in [-0.3, -0.25) is 0 Å². The quantitative estimate of drug-likeness (QED) is 0.367. The van der Waals surface area contributed by atoms with Crippen LogP contribution in [0.15, 0.2) is 42.7 Å². The van der Waals surface area contributed by atoms with Gasteiger partial charge in [-0.25, -0.2) is 4.68 Å². The number of benzene rings is 1. The minimum atomic E-state index is 0.00750. The first-order valence-electron chi connectivity index (χ1n) is 14.6. The molecule has 3 saturated heterocycles. The van der Waals surface area contributed by atoms with Crippen molar-refractivity contribution in [1.82, 2.24) is 25.3 Å². The molecule has 6 rings (SSSR count). The minimum absolute atomic E-state index is 0.00750. The highest BCUT2D eigenvalue weighted by atomic mass is 16.7. The van der Waals surface area contributed by atoms with Crippen molar-refractivity contribution < 1.29 is 14.2 Å². The number of fused-ring (bicyclic) bond motifs is 2. The van der Waals surface area contributed by atoms with Gasteiger partial charge >= 0.3 is 0 Å². The summed E-state index contributed by atoms with van der Waals surface area (Å²) in [6, 6.07) is 10.7. The lowest BCUT2D eigenvalue weighted by molar-refractivity contribution is -0.0394. The molecule has 0 radical (unpaired) electrons. The van der Waals surface area contributed by atoms with E-state index in [0.29, 0.717) is 11.8 Å². The van der Waals surface area contributed by atoms with Gasteiger partial charge in [0.25, 0.3) is 0 Å². The first-order chi connectivity index (χ1) is 19.3. The van der Waals surface area contributed by atoms with Crippen LogP contribution in [0.1, 0.15) is 71.4 Å². The molecule has 3 fully saturated rings. The van der Waals surface area contributed by atoms with Gasteiger partial charge in [-0.1, -0.05) is 6.07 Å². The van der Waals surface area contributed by atoms with E-state index in [1.165, 1.54) is 19.3 Å². The fourth-order valence-corrected chi connectivity index (χ4v) is 6.99. The van der Waals surface area contributed by atoms with Gasteiger partial charge in [0.2, 0.25) is 0 Å². The molecule has 0 amide bonds. The molecule has 9 nitrogen and oxygen atoms in total. The van der Waals surface area contributed by atoms with E-state index in [-0.39, 0.29) is 24.1 Å². The smallest absolute Gasteiger partial charge is 0.188 e. The maximum absolute atomic E-state index is 6.00. The number of aromatic nitrogens is 4. The van der Waals surface area contributed by atoms with E-state index in [4.69, 9.17) is 14.2 Å². The van der Waals surface area contributed by atoms with Crippen molar-refractivity contribution in [3.63, 3.8) is 0 Å². The molecule has 0 spiro atoms. The Bertz CT molecular complexity index is 1290. The molecule has 2 unspecified atom stereocenters. The molecule has 1 N–H and O–H groups in total. The van der Waals surface area contributed by atoms with Gasteiger partial charge in [-0.05, 0) is 95.0 Å². The van der Waals surface area contributed by atoms with Gasteiger partial charge in [0.1, 0.15) is 12.0 Å². The second-order valence-corrected chi connectivity index (χ2v) is 12.3. The molecule has 5 heterocycles. The maximum atomic E-state index is 6.00. The van der Waals surface area contributed by atoms with Crippen molar-refractivity contribution in [2.75, 3.05) is 32.5 Å². The van der Waals surface area contributed by atoms with Gasteiger partial charge in [-0.2, -0.15) is 5.10 Å². The Morgan fingerprint density at radius 2 is 1.88 bits per heavy atom. The Kier molecular flexibility index (Phi) is 7.54. The second-order valence-electron chi connectivity index (χ2n) is 12.3. The molecule has 3 aromatic rings. The number of methoxy groups -OCH3 is 1. The zero-order chi connectivity index (χ0) is 27.7. The Balaban J connectivity index is 1.22. The van der Waals surface area contributed by atoms with Gasteiger partial charge in [0, 0.05) is 55.2 Å². The molecule has 214 valence electrons. The molecule has 3 aliphatic heterocycles. The zero-order valence-electron chi connectivity index (χ0n) is 24.2. The van der Waals surface area contributed by atoms with Crippen molar-refractivity contribution in [3.8, 4) is 28.1 Å². The molecule has 0 saturated carbocycles. The summed E-state index contributed by atoms with van der Waals surface area (Å²) < 4.78 is 19.1. The number of hydrogen-bond donors (Lipinski definition) is 1. The molecule has 0 aliphatic carbocycles. The van der Waals surface area contributed by atoms with E-state index in [2.05, 4.69) is 58.5 Å². The number of rotatable bonds is 8. The molecular weight excluding hydrogens is 504 g/mol. The average Bonchev–Trinajstić information content (AvgIpc) is 3.46. The largest absolute Gasteiger partial charge is 0.467 e. The first-order valence-corrected chi connectivity index (χ1v) is 14.6. The second kappa shape index (κ2) is 11.1. The Hall–Kier alpha value is -3.01.